The third-order valence-corrected chi connectivity index (χ3v) is 9.03. The molecule has 4 nitrogen and oxygen atoms in total. The summed E-state index contributed by atoms with van der Waals surface area (Å²) in [7, 11) is 0. The summed E-state index contributed by atoms with van der Waals surface area (Å²) in [6, 6.07) is 39.7. The molecule has 6 aromatic rings. The lowest BCUT2D eigenvalue weighted by Crippen LogP contribution is -2.39. The average Bonchev–Trinajstić information content (AvgIpc) is 3.55. The van der Waals surface area contributed by atoms with Crippen LogP contribution in [0.3, 0.4) is 0 Å². The second kappa shape index (κ2) is 9.60. The van der Waals surface area contributed by atoms with Gasteiger partial charge < -0.3 is 9.32 Å². The molecule has 2 aliphatic rings. The van der Waals surface area contributed by atoms with E-state index in [4.69, 9.17) is 4.42 Å². The molecule has 43 heavy (non-hydrogen) atoms. The van der Waals surface area contributed by atoms with Gasteiger partial charge in [-0.05, 0) is 66.6 Å². The minimum absolute atomic E-state index is 0.0423. The fourth-order valence-corrected chi connectivity index (χ4v) is 6.95. The molecule has 1 amide bonds. The molecule has 0 N–H and O–H groups in total. The van der Waals surface area contributed by atoms with E-state index in [-0.39, 0.29) is 17.4 Å². The Morgan fingerprint density at radius 3 is 2.26 bits per heavy atom. The van der Waals surface area contributed by atoms with Crippen molar-refractivity contribution in [1.82, 2.24) is 0 Å². The standard InChI is InChI=1S/C39H30N2O2/c1-26(42)40(28-19-17-27(18-20-28)31-11-9-12-33-32-10-3-6-15-36(32)43-38(31)33)29-21-23-30(24-22-29)41-35-14-5-4-13-34(35)39(2)25-8-7-16-37(39)41/h3-25,37H,1-2H3. The largest absolute Gasteiger partial charge is 0.455 e. The molecule has 0 bridgehead atoms. The maximum absolute atomic E-state index is 13.0. The van der Waals surface area contributed by atoms with Crippen molar-refractivity contribution >= 4 is 50.6 Å². The summed E-state index contributed by atoms with van der Waals surface area (Å²) < 4.78 is 6.26. The van der Waals surface area contributed by atoms with Crippen molar-refractivity contribution in [1.29, 1.82) is 0 Å². The predicted molar refractivity (Wildman–Crippen MR) is 176 cm³/mol. The van der Waals surface area contributed by atoms with Gasteiger partial charge in [-0.1, -0.05) is 91.0 Å². The van der Waals surface area contributed by atoms with Crippen molar-refractivity contribution in [2.45, 2.75) is 25.3 Å². The number of amides is 1. The number of carbonyl (C=O) groups excluding carboxylic acids is 1. The van der Waals surface area contributed by atoms with Crippen LogP contribution in [0.2, 0.25) is 0 Å². The number of hydrogen-bond acceptors (Lipinski definition) is 3. The third-order valence-electron chi connectivity index (χ3n) is 9.03. The van der Waals surface area contributed by atoms with Crippen LogP contribution in [0.1, 0.15) is 19.4 Å². The Labute approximate surface area is 250 Å². The number of rotatable bonds is 4. The van der Waals surface area contributed by atoms with Crippen LogP contribution in [0.5, 0.6) is 0 Å². The quantitative estimate of drug-likeness (QED) is 0.216. The molecule has 2 atom stereocenters. The number of anilines is 4. The summed E-state index contributed by atoms with van der Waals surface area (Å²) in [6.45, 7) is 3.92. The van der Waals surface area contributed by atoms with Crippen LogP contribution in [0.15, 0.2) is 144 Å². The number of allylic oxidation sites excluding steroid dienone is 2. The molecule has 0 radical (unpaired) electrons. The number of benzene rings is 5. The second-order valence-corrected chi connectivity index (χ2v) is 11.6. The summed E-state index contributed by atoms with van der Waals surface area (Å²) in [4.78, 5) is 17.2. The maximum atomic E-state index is 13.0. The van der Waals surface area contributed by atoms with E-state index >= 15 is 0 Å². The Kier molecular flexibility index (Phi) is 5.66. The second-order valence-electron chi connectivity index (χ2n) is 11.6. The van der Waals surface area contributed by atoms with Gasteiger partial charge in [-0.3, -0.25) is 9.69 Å². The van der Waals surface area contributed by atoms with E-state index in [0.717, 1.165) is 50.1 Å². The van der Waals surface area contributed by atoms with Crippen LogP contribution in [-0.4, -0.2) is 11.9 Å². The van der Waals surface area contributed by atoms with Crippen LogP contribution >= 0.6 is 0 Å². The van der Waals surface area contributed by atoms with E-state index < -0.39 is 0 Å². The fraction of sp³-hybridized carbons (Fsp3) is 0.103. The smallest absolute Gasteiger partial charge is 0.228 e. The van der Waals surface area contributed by atoms with Gasteiger partial charge in [0.1, 0.15) is 11.2 Å². The first-order chi connectivity index (χ1) is 21.0. The first-order valence-corrected chi connectivity index (χ1v) is 14.7. The molecule has 5 aromatic carbocycles. The number of nitrogens with zero attached hydrogens (tertiary/aromatic N) is 2. The van der Waals surface area contributed by atoms with Crippen molar-refractivity contribution in [3.8, 4) is 11.1 Å². The summed E-state index contributed by atoms with van der Waals surface area (Å²) in [5.41, 5.74) is 9.03. The Balaban J connectivity index is 1.12. The van der Waals surface area contributed by atoms with Crippen LogP contribution in [-0.2, 0) is 10.2 Å². The molecule has 1 aliphatic heterocycles. The molecule has 4 heteroatoms. The average molecular weight is 559 g/mol. The van der Waals surface area contributed by atoms with Crippen molar-refractivity contribution < 1.29 is 9.21 Å². The van der Waals surface area contributed by atoms with Crippen molar-refractivity contribution in [2.24, 2.45) is 0 Å². The van der Waals surface area contributed by atoms with Gasteiger partial charge in [-0.15, -0.1) is 0 Å². The topological polar surface area (TPSA) is 36.7 Å². The Morgan fingerprint density at radius 1 is 0.767 bits per heavy atom. The van der Waals surface area contributed by atoms with Gasteiger partial charge >= 0.3 is 0 Å². The maximum Gasteiger partial charge on any atom is 0.228 e. The fourth-order valence-electron chi connectivity index (χ4n) is 6.95. The van der Waals surface area contributed by atoms with E-state index in [1.54, 1.807) is 11.8 Å². The Hall–Kier alpha value is -5.35. The molecule has 208 valence electrons. The SMILES string of the molecule is CC(=O)N(c1ccc(-c2cccc3c2oc2ccccc23)cc1)c1ccc(N2c3ccccc3C3(C)C=CC=CC23)cc1. The van der Waals surface area contributed by atoms with E-state index in [1.807, 2.05) is 42.5 Å². The minimum Gasteiger partial charge on any atom is -0.455 e. The van der Waals surface area contributed by atoms with E-state index in [9.17, 15) is 4.79 Å². The normalized spacial score (nSPS) is 18.7. The summed E-state index contributed by atoms with van der Waals surface area (Å²) in [5.74, 6) is -0.0423. The summed E-state index contributed by atoms with van der Waals surface area (Å²) in [5, 5.41) is 2.21. The van der Waals surface area contributed by atoms with Gasteiger partial charge in [0.05, 0.1) is 6.04 Å². The highest BCUT2D eigenvalue weighted by atomic mass is 16.3. The van der Waals surface area contributed by atoms with Crippen LogP contribution in [0, 0.1) is 0 Å². The van der Waals surface area contributed by atoms with E-state index in [0.29, 0.717) is 0 Å². The monoisotopic (exact) mass is 558 g/mol. The molecule has 8 rings (SSSR count). The summed E-state index contributed by atoms with van der Waals surface area (Å²) in [6.07, 6.45) is 8.87. The highest BCUT2D eigenvalue weighted by Gasteiger charge is 2.46. The molecule has 0 saturated heterocycles. The zero-order valence-electron chi connectivity index (χ0n) is 24.1. The van der Waals surface area contributed by atoms with Crippen molar-refractivity contribution in [3.63, 3.8) is 0 Å². The van der Waals surface area contributed by atoms with Crippen LogP contribution < -0.4 is 9.80 Å². The van der Waals surface area contributed by atoms with Gasteiger partial charge in [0.15, 0.2) is 0 Å². The molecule has 2 unspecified atom stereocenters. The van der Waals surface area contributed by atoms with Crippen molar-refractivity contribution in [2.75, 3.05) is 9.80 Å². The Morgan fingerprint density at radius 2 is 1.47 bits per heavy atom. The van der Waals surface area contributed by atoms with Crippen LogP contribution in [0.25, 0.3) is 33.1 Å². The first-order valence-electron chi connectivity index (χ1n) is 14.7. The number of furan rings is 1. The van der Waals surface area contributed by atoms with Crippen molar-refractivity contribution in [3.05, 3.63) is 145 Å². The van der Waals surface area contributed by atoms with E-state index in [1.165, 1.54) is 11.3 Å². The van der Waals surface area contributed by atoms with Gasteiger partial charge in [0.2, 0.25) is 5.91 Å². The molecule has 0 fully saturated rings. The molecule has 2 heterocycles. The van der Waals surface area contributed by atoms with Gasteiger partial charge in [-0.25, -0.2) is 0 Å². The number of hydrogen-bond donors (Lipinski definition) is 0. The zero-order valence-corrected chi connectivity index (χ0v) is 24.1. The number of fused-ring (bicyclic) bond motifs is 6. The number of para-hydroxylation sites is 3. The lowest BCUT2D eigenvalue weighted by Gasteiger charge is -2.34. The highest BCUT2D eigenvalue weighted by molar-refractivity contribution is 6.09. The van der Waals surface area contributed by atoms with E-state index in [2.05, 4.69) is 109 Å². The molecule has 0 spiro atoms. The Bertz CT molecular complexity index is 2080. The first kappa shape index (κ1) is 25.4. The summed E-state index contributed by atoms with van der Waals surface area (Å²) >= 11 is 0. The molecular formula is C39H30N2O2. The molecule has 1 aliphatic carbocycles. The van der Waals surface area contributed by atoms with Gasteiger partial charge in [0, 0.05) is 51.4 Å². The highest BCUT2D eigenvalue weighted by Crippen LogP contribution is 2.51. The molecule has 0 saturated carbocycles. The molecular weight excluding hydrogens is 528 g/mol. The zero-order chi connectivity index (χ0) is 29.1. The molecule has 1 aromatic heterocycles. The third kappa shape index (κ3) is 3.87. The lowest BCUT2D eigenvalue weighted by atomic mass is 9.76. The predicted octanol–water partition coefficient (Wildman–Crippen LogP) is 9.84. The van der Waals surface area contributed by atoms with Gasteiger partial charge in [0.25, 0.3) is 0 Å². The van der Waals surface area contributed by atoms with Crippen LogP contribution in [0.4, 0.5) is 22.7 Å². The lowest BCUT2D eigenvalue weighted by molar-refractivity contribution is -0.115. The van der Waals surface area contributed by atoms with Gasteiger partial charge in [-0.2, -0.15) is 0 Å². The number of carbonyl (C=O) groups is 1. The minimum atomic E-state index is -0.0934.